The Hall–Kier alpha value is -3.01. The minimum absolute atomic E-state index is 0.750. The number of fused-ring (bicyclic) bond motifs is 1. The van der Waals surface area contributed by atoms with Crippen molar-refractivity contribution in [3.8, 4) is 5.82 Å². The van der Waals surface area contributed by atoms with Crippen LogP contribution in [0.3, 0.4) is 0 Å². The molecule has 0 saturated carbocycles. The monoisotopic (exact) mass is 300 g/mol. The average molecular weight is 300 g/mol. The molecule has 0 aliphatic heterocycles. The summed E-state index contributed by atoms with van der Waals surface area (Å²) in [5, 5.41) is 0. The average Bonchev–Trinajstić information content (AvgIpc) is 2.95. The van der Waals surface area contributed by atoms with Crippen LogP contribution in [0.2, 0.25) is 0 Å². The fourth-order valence-electron chi connectivity index (χ4n) is 2.78. The van der Waals surface area contributed by atoms with Crippen molar-refractivity contribution in [3.05, 3.63) is 83.9 Å². The molecule has 23 heavy (non-hydrogen) atoms. The maximum atomic E-state index is 4.79. The van der Waals surface area contributed by atoms with Gasteiger partial charge in [-0.05, 0) is 42.3 Å². The van der Waals surface area contributed by atoms with E-state index < -0.39 is 0 Å². The lowest BCUT2D eigenvalue weighted by atomic mass is 10.1. The first-order valence-corrected chi connectivity index (χ1v) is 7.61. The molecule has 0 fully saturated rings. The Morgan fingerprint density at radius 2 is 1.70 bits per heavy atom. The lowest BCUT2D eigenvalue weighted by molar-refractivity contribution is 0.893. The van der Waals surface area contributed by atoms with E-state index in [1.165, 1.54) is 11.1 Å². The standard InChI is InChI=1S/C19H16N4/c1-14-7-2-3-8-15(14)13-18-22-16-9-6-12-21-19(16)23(18)17-10-4-5-11-20-17/h2-12H,13H2,1H3. The smallest absolute Gasteiger partial charge is 0.165 e. The van der Waals surface area contributed by atoms with Gasteiger partial charge in [-0.15, -0.1) is 0 Å². The van der Waals surface area contributed by atoms with Gasteiger partial charge in [-0.3, -0.25) is 4.57 Å². The fraction of sp³-hybridized carbons (Fsp3) is 0.105. The zero-order valence-electron chi connectivity index (χ0n) is 12.8. The number of rotatable bonds is 3. The van der Waals surface area contributed by atoms with Crippen molar-refractivity contribution in [1.29, 1.82) is 0 Å². The van der Waals surface area contributed by atoms with E-state index in [9.17, 15) is 0 Å². The third-order valence-corrected chi connectivity index (χ3v) is 3.97. The zero-order chi connectivity index (χ0) is 15.6. The van der Waals surface area contributed by atoms with E-state index in [-0.39, 0.29) is 0 Å². The molecule has 3 aromatic heterocycles. The summed E-state index contributed by atoms with van der Waals surface area (Å²) in [4.78, 5) is 13.8. The van der Waals surface area contributed by atoms with Gasteiger partial charge in [-0.1, -0.05) is 30.3 Å². The molecule has 0 aliphatic carbocycles. The largest absolute Gasteiger partial charge is 0.264 e. The number of pyridine rings is 2. The number of aryl methyl sites for hydroxylation is 1. The van der Waals surface area contributed by atoms with Gasteiger partial charge in [0.05, 0.1) is 0 Å². The fourth-order valence-corrected chi connectivity index (χ4v) is 2.78. The second kappa shape index (κ2) is 5.65. The van der Waals surface area contributed by atoms with Crippen LogP contribution in [-0.4, -0.2) is 19.5 Å². The Morgan fingerprint density at radius 1 is 0.870 bits per heavy atom. The molecule has 0 radical (unpaired) electrons. The summed E-state index contributed by atoms with van der Waals surface area (Å²) in [6.07, 6.45) is 4.34. The molecule has 0 saturated heterocycles. The summed E-state index contributed by atoms with van der Waals surface area (Å²) in [5.41, 5.74) is 4.26. The van der Waals surface area contributed by atoms with E-state index in [4.69, 9.17) is 4.98 Å². The van der Waals surface area contributed by atoms with Gasteiger partial charge in [0.1, 0.15) is 17.2 Å². The summed E-state index contributed by atoms with van der Waals surface area (Å²) in [6, 6.07) is 18.2. The van der Waals surface area contributed by atoms with Crippen LogP contribution in [0, 0.1) is 6.92 Å². The summed E-state index contributed by atoms with van der Waals surface area (Å²) >= 11 is 0. The highest BCUT2D eigenvalue weighted by Gasteiger charge is 2.15. The van der Waals surface area contributed by atoms with Crippen LogP contribution in [0.1, 0.15) is 17.0 Å². The quantitative estimate of drug-likeness (QED) is 0.579. The molecule has 1 aromatic carbocycles. The molecule has 3 heterocycles. The van der Waals surface area contributed by atoms with Crippen molar-refractivity contribution in [2.45, 2.75) is 13.3 Å². The molecule has 4 aromatic rings. The molecule has 4 nitrogen and oxygen atoms in total. The lowest BCUT2D eigenvalue weighted by Gasteiger charge is -2.09. The van der Waals surface area contributed by atoms with Crippen LogP contribution >= 0.6 is 0 Å². The molecular weight excluding hydrogens is 284 g/mol. The van der Waals surface area contributed by atoms with E-state index in [0.29, 0.717) is 0 Å². The molecule has 0 aliphatic rings. The van der Waals surface area contributed by atoms with Crippen LogP contribution in [-0.2, 0) is 6.42 Å². The SMILES string of the molecule is Cc1ccccc1Cc1nc2cccnc2n1-c1ccccn1. The van der Waals surface area contributed by atoms with Gasteiger partial charge in [0.25, 0.3) is 0 Å². The van der Waals surface area contributed by atoms with E-state index in [1.807, 2.05) is 34.9 Å². The molecule has 0 atom stereocenters. The second-order valence-electron chi connectivity index (χ2n) is 5.50. The topological polar surface area (TPSA) is 43.6 Å². The van der Waals surface area contributed by atoms with Crippen molar-refractivity contribution >= 4 is 11.2 Å². The van der Waals surface area contributed by atoms with Crippen LogP contribution in [0.25, 0.3) is 17.0 Å². The Kier molecular flexibility index (Phi) is 3.35. The van der Waals surface area contributed by atoms with Crippen molar-refractivity contribution in [2.75, 3.05) is 0 Å². The predicted molar refractivity (Wildman–Crippen MR) is 90.6 cm³/mol. The third kappa shape index (κ3) is 2.48. The number of imidazole rings is 1. The Balaban J connectivity index is 1.91. The summed E-state index contributed by atoms with van der Waals surface area (Å²) < 4.78 is 2.04. The van der Waals surface area contributed by atoms with E-state index in [0.717, 1.165) is 29.2 Å². The Bertz CT molecular complexity index is 957. The summed E-state index contributed by atoms with van der Waals surface area (Å²) in [6.45, 7) is 2.13. The van der Waals surface area contributed by atoms with Crippen LogP contribution in [0.5, 0.6) is 0 Å². The maximum Gasteiger partial charge on any atom is 0.165 e. The van der Waals surface area contributed by atoms with Gasteiger partial charge in [-0.2, -0.15) is 0 Å². The van der Waals surface area contributed by atoms with Crippen molar-refractivity contribution in [2.24, 2.45) is 0 Å². The van der Waals surface area contributed by atoms with Gasteiger partial charge in [0.15, 0.2) is 5.65 Å². The van der Waals surface area contributed by atoms with Crippen LogP contribution in [0.4, 0.5) is 0 Å². The predicted octanol–water partition coefficient (Wildman–Crippen LogP) is 3.71. The van der Waals surface area contributed by atoms with E-state index >= 15 is 0 Å². The first-order valence-electron chi connectivity index (χ1n) is 7.61. The normalized spacial score (nSPS) is 11.0. The van der Waals surface area contributed by atoms with Crippen LogP contribution in [0.15, 0.2) is 67.0 Å². The summed E-state index contributed by atoms with van der Waals surface area (Å²) in [7, 11) is 0. The molecule has 0 spiro atoms. The minimum Gasteiger partial charge on any atom is -0.264 e. The molecule has 0 unspecified atom stereocenters. The van der Waals surface area contributed by atoms with Crippen molar-refractivity contribution in [1.82, 2.24) is 19.5 Å². The maximum absolute atomic E-state index is 4.79. The van der Waals surface area contributed by atoms with E-state index in [1.54, 1.807) is 12.4 Å². The molecule has 4 heteroatoms. The van der Waals surface area contributed by atoms with Crippen molar-refractivity contribution in [3.63, 3.8) is 0 Å². The number of nitrogens with zero attached hydrogens (tertiary/aromatic N) is 4. The highest BCUT2D eigenvalue weighted by molar-refractivity contribution is 5.73. The van der Waals surface area contributed by atoms with Gasteiger partial charge >= 0.3 is 0 Å². The highest BCUT2D eigenvalue weighted by Crippen LogP contribution is 2.21. The Labute approximate surface area is 134 Å². The molecular formula is C19H16N4. The van der Waals surface area contributed by atoms with Gasteiger partial charge in [-0.25, -0.2) is 15.0 Å². The van der Waals surface area contributed by atoms with Crippen molar-refractivity contribution < 1.29 is 0 Å². The third-order valence-electron chi connectivity index (χ3n) is 3.97. The zero-order valence-corrected chi connectivity index (χ0v) is 12.8. The summed E-state index contributed by atoms with van der Waals surface area (Å²) in [5.74, 6) is 1.80. The van der Waals surface area contributed by atoms with Gasteiger partial charge in [0, 0.05) is 18.8 Å². The molecule has 112 valence electrons. The van der Waals surface area contributed by atoms with E-state index in [2.05, 4.69) is 41.2 Å². The lowest BCUT2D eigenvalue weighted by Crippen LogP contribution is -2.05. The number of benzene rings is 1. The Morgan fingerprint density at radius 3 is 2.52 bits per heavy atom. The van der Waals surface area contributed by atoms with Crippen LogP contribution < -0.4 is 0 Å². The number of hydrogen-bond acceptors (Lipinski definition) is 3. The first kappa shape index (κ1) is 13.6. The number of aromatic nitrogens is 4. The minimum atomic E-state index is 0.750. The molecule has 0 N–H and O–H groups in total. The highest BCUT2D eigenvalue weighted by atomic mass is 15.2. The van der Waals surface area contributed by atoms with Gasteiger partial charge < -0.3 is 0 Å². The molecule has 0 amide bonds. The molecule has 0 bridgehead atoms. The van der Waals surface area contributed by atoms with Gasteiger partial charge in [0.2, 0.25) is 0 Å². The molecule has 4 rings (SSSR count). The number of hydrogen-bond donors (Lipinski definition) is 0. The first-order chi connectivity index (χ1) is 11.3. The second-order valence-corrected chi connectivity index (χ2v) is 5.50.